The van der Waals surface area contributed by atoms with E-state index in [-0.39, 0.29) is 26.9 Å². The summed E-state index contributed by atoms with van der Waals surface area (Å²) in [6.45, 7) is 7.65. The summed E-state index contributed by atoms with van der Waals surface area (Å²) in [5.74, 6) is -0.870. The Kier molecular flexibility index (Phi) is 8.85. The van der Waals surface area contributed by atoms with E-state index in [2.05, 4.69) is 31.4 Å². The smallest absolute Gasteiger partial charge is 0.264 e. The van der Waals surface area contributed by atoms with Gasteiger partial charge in [0.05, 0.1) is 15.6 Å². The zero-order valence-electron chi connectivity index (χ0n) is 23.3. The molecule has 2 N–H and O–H groups in total. The quantitative estimate of drug-likeness (QED) is 0.231. The van der Waals surface area contributed by atoms with E-state index in [1.165, 1.54) is 12.1 Å². The van der Waals surface area contributed by atoms with Crippen LogP contribution >= 0.6 is 11.6 Å². The first-order valence-electron chi connectivity index (χ1n) is 13.0. The number of sulfonamides is 1. The summed E-state index contributed by atoms with van der Waals surface area (Å²) in [6.07, 6.45) is 0. The Bertz CT molecular complexity index is 1660. The first-order valence-corrected chi connectivity index (χ1v) is 14.8. The number of hydrogen-bond acceptors (Lipinski definition) is 4. The first kappa shape index (κ1) is 29.8. The molecule has 0 unspecified atom stereocenters. The summed E-state index contributed by atoms with van der Waals surface area (Å²) in [6, 6.07) is 26.9. The molecule has 0 aliphatic rings. The van der Waals surface area contributed by atoms with Crippen molar-refractivity contribution >= 4 is 50.5 Å². The van der Waals surface area contributed by atoms with Gasteiger partial charge >= 0.3 is 0 Å². The molecule has 41 heavy (non-hydrogen) atoms. The van der Waals surface area contributed by atoms with Crippen LogP contribution < -0.4 is 14.9 Å². The number of nitrogens with one attached hydrogen (secondary N) is 2. The maximum atomic E-state index is 13.6. The standard InChI is InChI=1S/C32H32ClN3O4S/c1-22-12-18-27(19-13-22)41(39,40)36(29-11-6-5-10-28(29)33)21-30(37)34-25-8-7-9-26(20-25)35-31(38)23-14-16-24(17-15-23)32(2,3)4/h5-20H,21H2,1-4H3,(H,34,37)(H,35,38). The molecule has 0 aliphatic carbocycles. The third-order valence-electron chi connectivity index (χ3n) is 6.43. The molecular weight excluding hydrogens is 558 g/mol. The highest BCUT2D eigenvalue weighted by atomic mass is 35.5. The van der Waals surface area contributed by atoms with Gasteiger partial charge in [-0.05, 0) is 72.5 Å². The van der Waals surface area contributed by atoms with Crippen LogP contribution in [0.3, 0.4) is 0 Å². The molecule has 0 saturated heterocycles. The molecule has 9 heteroatoms. The molecule has 0 radical (unpaired) electrons. The van der Waals surface area contributed by atoms with E-state index in [0.717, 1.165) is 15.4 Å². The fourth-order valence-corrected chi connectivity index (χ4v) is 5.85. The molecule has 212 valence electrons. The Labute approximate surface area is 246 Å². The van der Waals surface area contributed by atoms with Crippen LogP contribution in [0.4, 0.5) is 17.1 Å². The predicted molar refractivity (Wildman–Crippen MR) is 165 cm³/mol. The summed E-state index contributed by atoms with van der Waals surface area (Å²) in [4.78, 5) is 26.0. The Morgan fingerprint density at radius 2 is 1.41 bits per heavy atom. The second-order valence-electron chi connectivity index (χ2n) is 10.7. The van der Waals surface area contributed by atoms with Gasteiger partial charge in [-0.25, -0.2) is 8.42 Å². The van der Waals surface area contributed by atoms with Gasteiger partial charge in [-0.1, -0.05) is 80.4 Å². The van der Waals surface area contributed by atoms with Crippen molar-refractivity contribution in [2.24, 2.45) is 0 Å². The molecule has 0 heterocycles. The topological polar surface area (TPSA) is 95.6 Å². The zero-order valence-corrected chi connectivity index (χ0v) is 24.9. The van der Waals surface area contributed by atoms with E-state index in [0.29, 0.717) is 16.9 Å². The van der Waals surface area contributed by atoms with Gasteiger partial charge in [0.25, 0.3) is 15.9 Å². The average molecular weight is 590 g/mol. The monoisotopic (exact) mass is 589 g/mol. The van der Waals surface area contributed by atoms with E-state index in [9.17, 15) is 18.0 Å². The van der Waals surface area contributed by atoms with Crippen molar-refractivity contribution in [3.63, 3.8) is 0 Å². The van der Waals surface area contributed by atoms with Crippen LogP contribution in [0.5, 0.6) is 0 Å². The van der Waals surface area contributed by atoms with E-state index < -0.39 is 22.5 Å². The van der Waals surface area contributed by atoms with Gasteiger partial charge in [0.1, 0.15) is 6.54 Å². The van der Waals surface area contributed by atoms with Crippen LogP contribution in [0.1, 0.15) is 42.3 Å². The maximum absolute atomic E-state index is 13.6. The van der Waals surface area contributed by atoms with Gasteiger partial charge < -0.3 is 10.6 Å². The van der Waals surface area contributed by atoms with Gasteiger partial charge in [-0.3, -0.25) is 13.9 Å². The lowest BCUT2D eigenvalue weighted by Crippen LogP contribution is -2.38. The number of carbonyl (C=O) groups is 2. The van der Waals surface area contributed by atoms with E-state index in [4.69, 9.17) is 11.6 Å². The molecule has 0 spiro atoms. The van der Waals surface area contributed by atoms with Crippen LogP contribution in [0.15, 0.2) is 102 Å². The lowest BCUT2D eigenvalue weighted by atomic mass is 9.87. The van der Waals surface area contributed by atoms with E-state index in [1.54, 1.807) is 72.8 Å². The molecule has 0 bridgehead atoms. The van der Waals surface area contributed by atoms with Crippen molar-refractivity contribution in [3.8, 4) is 0 Å². The summed E-state index contributed by atoms with van der Waals surface area (Å²) >= 11 is 6.35. The highest BCUT2D eigenvalue weighted by Crippen LogP contribution is 2.30. The van der Waals surface area contributed by atoms with Crippen molar-refractivity contribution < 1.29 is 18.0 Å². The van der Waals surface area contributed by atoms with Crippen molar-refractivity contribution in [3.05, 3.63) is 119 Å². The van der Waals surface area contributed by atoms with E-state index in [1.807, 2.05) is 19.1 Å². The van der Waals surface area contributed by atoms with Crippen LogP contribution in [0, 0.1) is 6.92 Å². The van der Waals surface area contributed by atoms with Gasteiger partial charge in [0, 0.05) is 16.9 Å². The van der Waals surface area contributed by atoms with E-state index >= 15 is 0 Å². The Morgan fingerprint density at radius 1 is 0.805 bits per heavy atom. The fraction of sp³-hybridized carbons (Fsp3) is 0.188. The van der Waals surface area contributed by atoms with Crippen molar-refractivity contribution in [2.45, 2.75) is 38.0 Å². The number of anilines is 3. The highest BCUT2D eigenvalue weighted by molar-refractivity contribution is 7.92. The predicted octanol–water partition coefficient (Wildman–Crippen LogP) is 7.03. The number of aryl methyl sites for hydroxylation is 1. The molecule has 4 aromatic carbocycles. The number of halogens is 1. The molecule has 0 saturated carbocycles. The largest absolute Gasteiger partial charge is 0.324 e. The lowest BCUT2D eigenvalue weighted by Gasteiger charge is -2.25. The van der Waals surface area contributed by atoms with Gasteiger partial charge in [0.2, 0.25) is 5.91 Å². The average Bonchev–Trinajstić information content (AvgIpc) is 2.92. The van der Waals surface area contributed by atoms with Crippen LogP contribution in [-0.4, -0.2) is 26.8 Å². The molecule has 0 aliphatic heterocycles. The number of hydrogen-bond donors (Lipinski definition) is 2. The molecule has 0 atom stereocenters. The van der Waals surface area contributed by atoms with Crippen molar-refractivity contribution in [2.75, 3.05) is 21.5 Å². The second-order valence-corrected chi connectivity index (χ2v) is 13.0. The van der Waals surface area contributed by atoms with Gasteiger partial charge in [0.15, 0.2) is 0 Å². The van der Waals surface area contributed by atoms with Crippen molar-refractivity contribution in [1.29, 1.82) is 0 Å². The number of benzene rings is 4. The Hall–Kier alpha value is -4.14. The number of para-hydroxylation sites is 1. The zero-order chi connectivity index (χ0) is 29.8. The number of carbonyl (C=O) groups excluding carboxylic acids is 2. The molecular formula is C32H32ClN3O4S. The summed E-state index contributed by atoms with van der Waals surface area (Å²) in [7, 11) is -4.12. The normalized spacial score (nSPS) is 11.5. The van der Waals surface area contributed by atoms with Crippen LogP contribution in [-0.2, 0) is 20.2 Å². The minimum absolute atomic E-state index is 0.0254. The summed E-state index contributed by atoms with van der Waals surface area (Å²) in [5, 5.41) is 5.76. The number of amides is 2. The molecule has 0 fully saturated rings. The molecule has 0 aromatic heterocycles. The van der Waals surface area contributed by atoms with Crippen LogP contribution in [0.2, 0.25) is 5.02 Å². The minimum atomic E-state index is -4.12. The first-order chi connectivity index (χ1) is 19.3. The maximum Gasteiger partial charge on any atom is 0.264 e. The SMILES string of the molecule is Cc1ccc(S(=O)(=O)N(CC(=O)Nc2cccc(NC(=O)c3ccc(C(C)(C)C)cc3)c2)c2ccccc2Cl)cc1. The van der Waals surface area contributed by atoms with Crippen molar-refractivity contribution in [1.82, 2.24) is 0 Å². The summed E-state index contributed by atoms with van der Waals surface area (Å²) in [5.41, 5.74) is 3.55. The summed E-state index contributed by atoms with van der Waals surface area (Å²) < 4.78 is 28.2. The number of nitrogens with zero attached hydrogens (tertiary/aromatic N) is 1. The highest BCUT2D eigenvalue weighted by Gasteiger charge is 2.28. The second kappa shape index (κ2) is 12.2. The molecule has 7 nitrogen and oxygen atoms in total. The fourth-order valence-electron chi connectivity index (χ4n) is 4.12. The molecule has 4 aromatic rings. The van der Waals surface area contributed by atoms with Gasteiger partial charge in [-0.15, -0.1) is 0 Å². The number of rotatable bonds is 8. The molecule has 2 amide bonds. The van der Waals surface area contributed by atoms with Gasteiger partial charge in [-0.2, -0.15) is 0 Å². The third-order valence-corrected chi connectivity index (χ3v) is 8.53. The molecule has 4 rings (SSSR count). The lowest BCUT2D eigenvalue weighted by molar-refractivity contribution is -0.114. The Morgan fingerprint density at radius 3 is 2.02 bits per heavy atom. The minimum Gasteiger partial charge on any atom is -0.324 e. The Balaban J connectivity index is 1.52. The third kappa shape index (κ3) is 7.34. The van der Waals surface area contributed by atoms with Crippen LogP contribution in [0.25, 0.3) is 0 Å².